The first-order valence-electron chi connectivity index (χ1n) is 7.31. The Morgan fingerprint density at radius 3 is 2.55 bits per heavy atom. The maximum absolute atomic E-state index is 12.4. The minimum absolute atomic E-state index is 0.153. The molecular weight excluding hydrogens is 278 g/mol. The summed E-state index contributed by atoms with van der Waals surface area (Å²) in [6.07, 6.45) is 0.0290. The van der Waals surface area contributed by atoms with Crippen LogP contribution < -0.4 is 14.8 Å². The third-order valence-corrected chi connectivity index (χ3v) is 3.39. The lowest BCUT2D eigenvalue weighted by Crippen LogP contribution is -2.32. The molecule has 4 nitrogen and oxygen atoms in total. The molecule has 4 heteroatoms. The summed E-state index contributed by atoms with van der Waals surface area (Å²) in [6.45, 7) is 3.88. The van der Waals surface area contributed by atoms with Crippen LogP contribution in [-0.4, -0.2) is 19.1 Å². The summed E-state index contributed by atoms with van der Waals surface area (Å²) >= 11 is 0. The van der Waals surface area contributed by atoms with Crippen LogP contribution >= 0.6 is 0 Å². The van der Waals surface area contributed by atoms with E-state index in [1.165, 1.54) is 0 Å². The molecule has 0 fully saturated rings. The number of amides is 1. The van der Waals surface area contributed by atoms with Crippen LogP contribution in [0, 0.1) is 6.92 Å². The van der Waals surface area contributed by atoms with E-state index in [1.54, 1.807) is 13.2 Å². The van der Waals surface area contributed by atoms with Crippen LogP contribution in [0.4, 0.5) is 5.69 Å². The summed E-state index contributed by atoms with van der Waals surface area (Å²) in [6, 6.07) is 14.9. The zero-order valence-electron chi connectivity index (χ0n) is 13.1. The molecule has 0 bridgehead atoms. The van der Waals surface area contributed by atoms with Crippen molar-refractivity contribution in [3.05, 3.63) is 54.1 Å². The largest absolute Gasteiger partial charge is 0.497 e. The Kier molecular flexibility index (Phi) is 5.42. The van der Waals surface area contributed by atoms with Gasteiger partial charge >= 0.3 is 0 Å². The third-order valence-electron chi connectivity index (χ3n) is 3.39. The van der Waals surface area contributed by atoms with Crippen LogP contribution in [0.2, 0.25) is 0 Å². The molecule has 116 valence electrons. The molecule has 0 aliphatic carbocycles. The number of para-hydroxylation sites is 1. The van der Waals surface area contributed by atoms with Gasteiger partial charge in [0.2, 0.25) is 0 Å². The van der Waals surface area contributed by atoms with Crippen molar-refractivity contribution < 1.29 is 14.3 Å². The van der Waals surface area contributed by atoms with Gasteiger partial charge in [-0.1, -0.05) is 31.2 Å². The molecule has 1 amide bonds. The maximum atomic E-state index is 12.4. The highest BCUT2D eigenvalue weighted by molar-refractivity contribution is 5.95. The molecule has 2 aromatic carbocycles. The summed E-state index contributed by atoms with van der Waals surface area (Å²) in [5, 5.41) is 2.91. The number of carbonyl (C=O) groups excluding carboxylic acids is 1. The topological polar surface area (TPSA) is 47.6 Å². The van der Waals surface area contributed by atoms with Crippen molar-refractivity contribution in [1.82, 2.24) is 0 Å². The monoisotopic (exact) mass is 299 g/mol. The molecule has 0 aliphatic rings. The Hall–Kier alpha value is -2.49. The van der Waals surface area contributed by atoms with Gasteiger partial charge in [-0.05, 0) is 37.1 Å². The maximum Gasteiger partial charge on any atom is 0.265 e. The van der Waals surface area contributed by atoms with E-state index in [1.807, 2.05) is 56.3 Å². The Morgan fingerprint density at radius 1 is 1.14 bits per heavy atom. The van der Waals surface area contributed by atoms with Gasteiger partial charge < -0.3 is 14.8 Å². The molecule has 0 unspecified atom stereocenters. The van der Waals surface area contributed by atoms with E-state index in [2.05, 4.69) is 5.32 Å². The van der Waals surface area contributed by atoms with Gasteiger partial charge in [-0.15, -0.1) is 0 Å². The molecule has 1 atom stereocenters. The van der Waals surface area contributed by atoms with Gasteiger partial charge in [0.25, 0.3) is 5.91 Å². The number of benzene rings is 2. The zero-order chi connectivity index (χ0) is 15.9. The molecule has 22 heavy (non-hydrogen) atoms. The first kappa shape index (κ1) is 15.9. The Bertz CT molecular complexity index is 640. The van der Waals surface area contributed by atoms with E-state index in [9.17, 15) is 4.79 Å². The Balaban J connectivity index is 2.07. The number of hydrogen-bond acceptors (Lipinski definition) is 3. The van der Waals surface area contributed by atoms with Crippen molar-refractivity contribution in [2.45, 2.75) is 26.4 Å². The standard InChI is InChI=1S/C18H21NO3/c1-4-17(22-15-10-7-9-14(12-15)21-3)18(20)19-16-11-6-5-8-13(16)2/h5-12,17H,4H2,1-3H3,(H,19,20)/t17-/m0/s1. The lowest BCUT2D eigenvalue weighted by molar-refractivity contribution is -0.122. The smallest absolute Gasteiger partial charge is 0.265 e. The van der Waals surface area contributed by atoms with Crippen LogP contribution in [0.25, 0.3) is 0 Å². The van der Waals surface area contributed by atoms with Crippen molar-refractivity contribution in [3.8, 4) is 11.5 Å². The van der Waals surface area contributed by atoms with Crippen LogP contribution in [0.1, 0.15) is 18.9 Å². The fourth-order valence-corrected chi connectivity index (χ4v) is 2.09. The molecule has 0 heterocycles. The lowest BCUT2D eigenvalue weighted by atomic mass is 10.2. The molecule has 0 saturated heterocycles. The molecule has 2 rings (SSSR count). The average molecular weight is 299 g/mol. The van der Waals surface area contributed by atoms with Gasteiger partial charge in [-0.3, -0.25) is 4.79 Å². The quantitative estimate of drug-likeness (QED) is 0.882. The second kappa shape index (κ2) is 7.50. The number of ether oxygens (including phenoxy) is 2. The lowest BCUT2D eigenvalue weighted by Gasteiger charge is -2.18. The number of rotatable bonds is 6. The normalized spacial score (nSPS) is 11.6. The summed E-state index contributed by atoms with van der Waals surface area (Å²) in [5.41, 5.74) is 1.83. The highest BCUT2D eigenvalue weighted by atomic mass is 16.5. The van der Waals surface area contributed by atoms with Crippen LogP contribution in [0.3, 0.4) is 0 Å². The van der Waals surface area contributed by atoms with Crippen molar-refractivity contribution >= 4 is 11.6 Å². The molecule has 2 aromatic rings. The van der Waals surface area contributed by atoms with E-state index >= 15 is 0 Å². The summed E-state index contributed by atoms with van der Waals surface area (Å²) in [7, 11) is 1.60. The van der Waals surface area contributed by atoms with Gasteiger partial charge in [-0.25, -0.2) is 0 Å². The average Bonchev–Trinajstić information content (AvgIpc) is 2.54. The highest BCUT2D eigenvalue weighted by Gasteiger charge is 2.19. The number of nitrogens with one attached hydrogen (secondary N) is 1. The Labute approximate surface area is 131 Å². The van der Waals surface area contributed by atoms with E-state index in [4.69, 9.17) is 9.47 Å². The first-order valence-corrected chi connectivity index (χ1v) is 7.31. The van der Waals surface area contributed by atoms with Crippen molar-refractivity contribution in [2.24, 2.45) is 0 Å². The Morgan fingerprint density at radius 2 is 1.86 bits per heavy atom. The second-order valence-corrected chi connectivity index (χ2v) is 5.00. The third kappa shape index (κ3) is 4.01. The highest BCUT2D eigenvalue weighted by Crippen LogP contribution is 2.21. The van der Waals surface area contributed by atoms with Gasteiger partial charge in [0.05, 0.1) is 7.11 Å². The number of methoxy groups -OCH3 is 1. The van der Waals surface area contributed by atoms with Crippen molar-refractivity contribution in [1.29, 1.82) is 0 Å². The minimum atomic E-state index is -0.549. The fourth-order valence-electron chi connectivity index (χ4n) is 2.09. The number of carbonyl (C=O) groups is 1. The second-order valence-electron chi connectivity index (χ2n) is 5.00. The fraction of sp³-hybridized carbons (Fsp3) is 0.278. The van der Waals surface area contributed by atoms with Crippen LogP contribution in [0.15, 0.2) is 48.5 Å². The summed E-state index contributed by atoms with van der Waals surface area (Å²) in [5.74, 6) is 1.16. The minimum Gasteiger partial charge on any atom is -0.497 e. The SMILES string of the molecule is CC[C@H](Oc1cccc(OC)c1)C(=O)Nc1ccccc1C. The summed E-state index contributed by atoms with van der Waals surface area (Å²) in [4.78, 5) is 12.4. The molecule has 0 aliphatic heterocycles. The van der Waals surface area contributed by atoms with Crippen LogP contribution in [-0.2, 0) is 4.79 Å². The molecule has 1 N–H and O–H groups in total. The van der Waals surface area contributed by atoms with E-state index in [0.29, 0.717) is 17.9 Å². The van der Waals surface area contributed by atoms with E-state index in [0.717, 1.165) is 11.3 Å². The van der Waals surface area contributed by atoms with E-state index < -0.39 is 6.10 Å². The molecule has 0 spiro atoms. The zero-order valence-corrected chi connectivity index (χ0v) is 13.1. The number of anilines is 1. The number of aryl methyl sites for hydroxylation is 1. The van der Waals surface area contributed by atoms with Gasteiger partial charge in [-0.2, -0.15) is 0 Å². The van der Waals surface area contributed by atoms with Gasteiger partial charge in [0.15, 0.2) is 6.10 Å². The summed E-state index contributed by atoms with van der Waals surface area (Å²) < 4.78 is 10.9. The van der Waals surface area contributed by atoms with Crippen molar-refractivity contribution in [3.63, 3.8) is 0 Å². The van der Waals surface area contributed by atoms with Crippen molar-refractivity contribution in [2.75, 3.05) is 12.4 Å². The molecule has 0 aromatic heterocycles. The predicted molar refractivity (Wildman–Crippen MR) is 87.5 cm³/mol. The predicted octanol–water partition coefficient (Wildman–Crippen LogP) is 3.80. The van der Waals surface area contributed by atoms with Gasteiger partial charge in [0, 0.05) is 11.8 Å². The van der Waals surface area contributed by atoms with E-state index in [-0.39, 0.29) is 5.91 Å². The van der Waals surface area contributed by atoms with Gasteiger partial charge in [0.1, 0.15) is 11.5 Å². The molecular formula is C18H21NO3. The van der Waals surface area contributed by atoms with Crippen LogP contribution in [0.5, 0.6) is 11.5 Å². The number of hydrogen-bond donors (Lipinski definition) is 1. The molecule has 0 radical (unpaired) electrons. The molecule has 0 saturated carbocycles. The first-order chi connectivity index (χ1) is 10.6.